The molecule has 9 nitrogen and oxygen atoms in total. The number of nitrogen functional groups attached to an aromatic ring is 1. The predicted molar refractivity (Wildman–Crippen MR) is 172 cm³/mol. The second kappa shape index (κ2) is 10.6. The van der Waals surface area contributed by atoms with Crippen LogP contribution in [0.1, 0.15) is 45.8 Å². The van der Waals surface area contributed by atoms with Crippen molar-refractivity contribution in [3.05, 3.63) is 136 Å². The Hall–Kier alpha value is -6.14. The highest BCUT2D eigenvalue weighted by atomic mass is 16.2. The lowest BCUT2D eigenvalue weighted by Gasteiger charge is -2.21. The number of aromatic nitrogens is 5. The van der Waals surface area contributed by atoms with Crippen molar-refractivity contribution in [2.24, 2.45) is 0 Å². The molecule has 214 valence electrons. The summed E-state index contributed by atoms with van der Waals surface area (Å²) in [6.07, 6.45) is 3.49. The van der Waals surface area contributed by atoms with Gasteiger partial charge in [-0.1, -0.05) is 60.4 Å². The Morgan fingerprint density at radius 1 is 0.977 bits per heavy atom. The van der Waals surface area contributed by atoms with Gasteiger partial charge >= 0.3 is 0 Å². The van der Waals surface area contributed by atoms with Gasteiger partial charge in [0, 0.05) is 45.9 Å². The van der Waals surface area contributed by atoms with Crippen LogP contribution in [0.5, 0.6) is 0 Å². The summed E-state index contributed by atoms with van der Waals surface area (Å²) < 4.78 is 3.18. The third-order valence-corrected chi connectivity index (χ3v) is 7.76. The molecule has 4 aromatic heterocycles. The van der Waals surface area contributed by atoms with Crippen molar-refractivity contribution in [1.29, 1.82) is 0 Å². The van der Waals surface area contributed by atoms with Gasteiger partial charge in [0.2, 0.25) is 0 Å². The van der Waals surface area contributed by atoms with Crippen molar-refractivity contribution in [1.82, 2.24) is 29.5 Å². The van der Waals surface area contributed by atoms with Crippen LogP contribution in [-0.4, -0.2) is 30.1 Å². The van der Waals surface area contributed by atoms with Crippen LogP contribution in [0.3, 0.4) is 0 Å². The molecule has 0 saturated carbocycles. The molecule has 0 radical (unpaired) electrons. The van der Waals surface area contributed by atoms with Crippen LogP contribution in [0, 0.1) is 18.8 Å². The van der Waals surface area contributed by atoms with E-state index in [-0.39, 0.29) is 16.9 Å². The Morgan fingerprint density at radius 3 is 2.59 bits per heavy atom. The predicted octanol–water partition coefficient (Wildman–Crippen LogP) is 5.30. The van der Waals surface area contributed by atoms with Gasteiger partial charge in [-0.25, -0.2) is 9.50 Å². The zero-order chi connectivity index (χ0) is 30.4. The van der Waals surface area contributed by atoms with E-state index < -0.39 is 11.9 Å². The minimum absolute atomic E-state index is 0.0777. The molecule has 3 aromatic carbocycles. The number of pyridine rings is 1. The Labute approximate surface area is 252 Å². The van der Waals surface area contributed by atoms with Crippen molar-refractivity contribution in [3.8, 4) is 17.5 Å². The number of amides is 1. The van der Waals surface area contributed by atoms with Crippen molar-refractivity contribution in [2.75, 3.05) is 5.73 Å². The highest BCUT2D eigenvalue weighted by Crippen LogP contribution is 2.25. The first-order valence-corrected chi connectivity index (χ1v) is 14.1. The van der Waals surface area contributed by atoms with E-state index in [1.807, 2.05) is 98.9 Å². The van der Waals surface area contributed by atoms with E-state index >= 15 is 0 Å². The summed E-state index contributed by atoms with van der Waals surface area (Å²) in [4.78, 5) is 35.5. The Bertz CT molecular complexity index is 2350. The van der Waals surface area contributed by atoms with Crippen LogP contribution >= 0.6 is 0 Å². The minimum Gasteiger partial charge on any atom is -0.381 e. The molecule has 0 spiro atoms. The van der Waals surface area contributed by atoms with Crippen molar-refractivity contribution < 1.29 is 4.79 Å². The van der Waals surface area contributed by atoms with Gasteiger partial charge in [0.1, 0.15) is 5.56 Å². The van der Waals surface area contributed by atoms with Crippen molar-refractivity contribution in [2.45, 2.75) is 19.9 Å². The fourth-order valence-corrected chi connectivity index (χ4v) is 5.60. The van der Waals surface area contributed by atoms with Crippen molar-refractivity contribution >= 4 is 39.0 Å². The number of hydrogen-bond donors (Lipinski definition) is 3. The van der Waals surface area contributed by atoms with E-state index in [0.717, 1.165) is 27.5 Å². The molecule has 0 saturated heterocycles. The number of nitrogens with one attached hydrogen (secondary N) is 2. The first-order chi connectivity index (χ1) is 21.4. The van der Waals surface area contributed by atoms with Gasteiger partial charge in [-0.2, -0.15) is 0 Å². The van der Waals surface area contributed by atoms with Gasteiger partial charge in [0.15, 0.2) is 11.5 Å². The number of anilines is 1. The molecule has 0 fully saturated rings. The second-order valence-corrected chi connectivity index (χ2v) is 10.6. The highest BCUT2D eigenvalue weighted by Gasteiger charge is 2.24. The molecule has 1 amide bonds. The molecule has 0 aliphatic rings. The summed E-state index contributed by atoms with van der Waals surface area (Å²) in [7, 11) is 0. The van der Waals surface area contributed by atoms with E-state index in [0.29, 0.717) is 28.0 Å². The maximum Gasteiger partial charge on any atom is 0.264 e. The number of benzene rings is 3. The van der Waals surface area contributed by atoms with E-state index in [1.54, 1.807) is 21.3 Å². The lowest BCUT2D eigenvalue weighted by molar-refractivity contribution is 0.0941. The molecule has 4 heterocycles. The number of H-pyrrole nitrogens is 1. The third kappa shape index (κ3) is 4.46. The average molecular weight is 578 g/mol. The number of fused-ring (bicyclic) bond motifs is 3. The monoisotopic (exact) mass is 577 g/mol. The molecule has 4 N–H and O–H groups in total. The number of aromatic amines is 1. The molecule has 7 rings (SSSR count). The molecular weight excluding hydrogens is 550 g/mol. The molecule has 7 aromatic rings. The fraction of sp³-hybridized carbons (Fsp3) is 0.0857. The first kappa shape index (κ1) is 26.7. The summed E-state index contributed by atoms with van der Waals surface area (Å²) in [5.74, 6) is 6.14. The van der Waals surface area contributed by atoms with Crippen LogP contribution in [0.2, 0.25) is 0 Å². The van der Waals surface area contributed by atoms with Crippen molar-refractivity contribution in [3.63, 3.8) is 0 Å². The molecule has 9 heteroatoms. The lowest BCUT2D eigenvalue weighted by Crippen LogP contribution is -2.32. The number of aryl methyl sites for hydroxylation is 1. The molecule has 44 heavy (non-hydrogen) atoms. The smallest absolute Gasteiger partial charge is 0.264 e. The van der Waals surface area contributed by atoms with E-state index in [4.69, 9.17) is 5.73 Å². The van der Waals surface area contributed by atoms with Crippen LogP contribution in [-0.2, 0) is 0 Å². The van der Waals surface area contributed by atoms with Gasteiger partial charge in [-0.3, -0.25) is 14.2 Å². The van der Waals surface area contributed by atoms with Gasteiger partial charge in [-0.15, -0.1) is 5.10 Å². The SMILES string of the molecule is Cc1ccnc2c(C(=O)NC(C)c3cc4cccc(C#Cc5c[nH]c6ccccc56)c4c(=O)n3-c3ccccc3)c(N)nn12. The molecule has 0 bridgehead atoms. The Balaban J connectivity index is 1.35. The number of carbonyl (C=O) groups is 1. The first-order valence-electron chi connectivity index (χ1n) is 14.1. The zero-order valence-electron chi connectivity index (χ0n) is 24.0. The summed E-state index contributed by atoms with van der Waals surface area (Å²) in [5.41, 5.74) is 11.0. The number of carbonyl (C=O) groups excluding carboxylic acids is 1. The summed E-state index contributed by atoms with van der Waals surface area (Å²) in [6, 6.07) is 26.1. The average Bonchev–Trinajstić information content (AvgIpc) is 3.61. The van der Waals surface area contributed by atoms with Crippen LogP contribution in [0.4, 0.5) is 5.82 Å². The van der Waals surface area contributed by atoms with Crippen LogP contribution in [0.15, 0.2) is 102 Å². The number of nitrogens with zero attached hydrogens (tertiary/aromatic N) is 4. The maximum atomic E-state index is 14.4. The van der Waals surface area contributed by atoms with Gasteiger partial charge in [-0.05, 0) is 55.6 Å². The largest absolute Gasteiger partial charge is 0.381 e. The van der Waals surface area contributed by atoms with Gasteiger partial charge < -0.3 is 16.0 Å². The summed E-state index contributed by atoms with van der Waals surface area (Å²) in [5, 5.41) is 9.56. The Morgan fingerprint density at radius 2 is 1.75 bits per heavy atom. The van der Waals surface area contributed by atoms with E-state index in [1.165, 1.54) is 0 Å². The maximum absolute atomic E-state index is 14.4. The minimum atomic E-state index is -0.583. The summed E-state index contributed by atoms with van der Waals surface area (Å²) in [6.45, 7) is 3.69. The quantitative estimate of drug-likeness (QED) is 0.245. The number of rotatable bonds is 4. The molecular formula is C35H27N7O2. The molecule has 1 atom stereocenters. The van der Waals surface area contributed by atoms with E-state index in [2.05, 4.69) is 32.2 Å². The number of hydrogen-bond acceptors (Lipinski definition) is 5. The number of nitrogens with two attached hydrogens (primary N) is 1. The second-order valence-electron chi connectivity index (χ2n) is 10.6. The van der Waals surface area contributed by atoms with Gasteiger partial charge in [0.05, 0.1) is 17.0 Å². The molecule has 0 aliphatic heterocycles. The molecule has 1 unspecified atom stereocenters. The zero-order valence-corrected chi connectivity index (χ0v) is 24.0. The fourth-order valence-electron chi connectivity index (χ4n) is 5.60. The molecule has 0 aliphatic carbocycles. The third-order valence-electron chi connectivity index (χ3n) is 7.76. The highest BCUT2D eigenvalue weighted by molar-refractivity contribution is 6.04. The Kier molecular flexibility index (Phi) is 6.44. The lowest BCUT2D eigenvalue weighted by atomic mass is 10.0. The standard InChI is InChI=1S/C35H27N7O2/c1-21-17-18-37-33-31(32(36)40-42(21)33)34(43)39-22(2)29-19-24-10-8-9-23(15-16-25-20-38-28-14-7-6-13-27(25)28)30(24)35(44)41(29)26-11-4-3-5-12-26/h3-14,17-20,22,38H,1-2H3,(H2,36,40)(H,39,43). The van der Waals surface area contributed by atoms with E-state index in [9.17, 15) is 9.59 Å². The summed E-state index contributed by atoms with van der Waals surface area (Å²) >= 11 is 0. The van der Waals surface area contributed by atoms with Gasteiger partial charge in [0.25, 0.3) is 11.5 Å². The van der Waals surface area contributed by atoms with Crippen LogP contribution < -0.4 is 16.6 Å². The van der Waals surface area contributed by atoms with Crippen LogP contribution in [0.25, 0.3) is 33.0 Å². The topological polar surface area (TPSA) is 123 Å². The number of para-hydroxylation sites is 2. The normalized spacial score (nSPS) is 11.9.